The molecular weight excluding hydrogens is 240 g/mol. The van der Waals surface area contributed by atoms with Gasteiger partial charge in [0.05, 0.1) is 17.1 Å². The average molecular weight is 253 g/mol. The van der Waals surface area contributed by atoms with Crippen molar-refractivity contribution in [2.24, 2.45) is 0 Å². The molecule has 18 heavy (non-hydrogen) atoms. The first-order valence-electron chi connectivity index (χ1n) is 5.39. The van der Waals surface area contributed by atoms with Crippen molar-refractivity contribution in [2.75, 3.05) is 11.1 Å². The molecule has 4 nitrogen and oxygen atoms in total. The third kappa shape index (κ3) is 2.13. The first kappa shape index (κ1) is 12.3. The molecule has 0 aliphatic carbocycles. The molecule has 0 spiro atoms. The van der Waals surface area contributed by atoms with Crippen LogP contribution in [0.15, 0.2) is 16.7 Å². The second-order valence-corrected chi connectivity index (χ2v) is 3.98. The Morgan fingerprint density at radius 3 is 2.67 bits per heavy atom. The molecule has 0 unspecified atom stereocenters. The van der Waals surface area contributed by atoms with Crippen molar-refractivity contribution >= 4 is 11.4 Å². The molecule has 0 saturated carbocycles. The number of halogens is 2. The zero-order chi connectivity index (χ0) is 13.3. The van der Waals surface area contributed by atoms with E-state index in [1.54, 1.807) is 13.8 Å². The highest BCUT2D eigenvalue weighted by molar-refractivity contribution is 5.67. The van der Waals surface area contributed by atoms with Gasteiger partial charge in [-0.15, -0.1) is 0 Å². The number of nitrogens with one attached hydrogen (secondary N) is 1. The van der Waals surface area contributed by atoms with Crippen LogP contribution in [0.5, 0.6) is 0 Å². The maximum atomic E-state index is 13.5. The standard InChI is InChI=1S/C12H13F2N3O/c1-6-8(7(2)18-17-6)5-16-12-10(15)4-3-9(13)11(12)14/h3-4,16H,5,15H2,1-2H3. The van der Waals surface area contributed by atoms with Crippen molar-refractivity contribution in [1.29, 1.82) is 0 Å². The third-order valence-corrected chi connectivity index (χ3v) is 2.75. The maximum absolute atomic E-state index is 13.5. The number of benzene rings is 1. The summed E-state index contributed by atoms with van der Waals surface area (Å²) in [5.74, 6) is -1.29. The molecule has 0 fully saturated rings. The highest BCUT2D eigenvalue weighted by Gasteiger charge is 2.14. The monoisotopic (exact) mass is 253 g/mol. The van der Waals surface area contributed by atoms with Gasteiger partial charge in [-0.2, -0.15) is 0 Å². The minimum absolute atomic E-state index is 0.0463. The Morgan fingerprint density at radius 1 is 1.33 bits per heavy atom. The van der Waals surface area contributed by atoms with Gasteiger partial charge >= 0.3 is 0 Å². The fourth-order valence-electron chi connectivity index (χ4n) is 1.68. The Kier molecular flexibility index (Phi) is 3.18. The molecule has 96 valence electrons. The van der Waals surface area contributed by atoms with Gasteiger partial charge < -0.3 is 15.6 Å². The normalized spacial score (nSPS) is 10.7. The van der Waals surface area contributed by atoms with E-state index in [4.69, 9.17) is 10.3 Å². The first-order valence-corrected chi connectivity index (χ1v) is 5.39. The minimum atomic E-state index is -0.984. The number of nitrogens with zero attached hydrogens (tertiary/aromatic N) is 1. The fraction of sp³-hybridized carbons (Fsp3) is 0.250. The van der Waals surface area contributed by atoms with E-state index in [9.17, 15) is 8.78 Å². The SMILES string of the molecule is Cc1noc(C)c1CNc1c(N)ccc(F)c1F. The van der Waals surface area contributed by atoms with Crippen LogP contribution < -0.4 is 11.1 Å². The second kappa shape index (κ2) is 4.64. The van der Waals surface area contributed by atoms with Crippen LogP contribution in [-0.4, -0.2) is 5.16 Å². The third-order valence-electron chi connectivity index (χ3n) is 2.75. The lowest BCUT2D eigenvalue weighted by Gasteiger charge is -2.10. The molecule has 0 atom stereocenters. The minimum Gasteiger partial charge on any atom is -0.397 e. The van der Waals surface area contributed by atoms with Gasteiger partial charge in [0.25, 0.3) is 0 Å². The van der Waals surface area contributed by atoms with Gasteiger partial charge in [-0.1, -0.05) is 5.16 Å². The number of nitrogens with two attached hydrogens (primary N) is 1. The fourth-order valence-corrected chi connectivity index (χ4v) is 1.68. The molecule has 0 aliphatic heterocycles. The Bertz CT molecular complexity index is 561. The predicted octanol–water partition coefficient (Wildman–Crippen LogP) is 2.76. The first-order chi connectivity index (χ1) is 8.50. The quantitative estimate of drug-likeness (QED) is 0.825. The lowest BCUT2D eigenvalue weighted by molar-refractivity contribution is 0.392. The molecule has 0 aliphatic rings. The second-order valence-electron chi connectivity index (χ2n) is 3.98. The molecule has 0 saturated heterocycles. The Balaban J connectivity index is 2.24. The number of anilines is 2. The average Bonchev–Trinajstić information content (AvgIpc) is 2.65. The molecule has 6 heteroatoms. The molecular formula is C12H13F2N3O. The number of hydrogen-bond donors (Lipinski definition) is 2. The van der Waals surface area contributed by atoms with E-state index in [-0.39, 0.29) is 17.9 Å². The number of hydrogen-bond acceptors (Lipinski definition) is 4. The van der Waals surface area contributed by atoms with Crippen molar-refractivity contribution in [1.82, 2.24) is 5.16 Å². The van der Waals surface area contributed by atoms with E-state index in [0.717, 1.165) is 11.6 Å². The summed E-state index contributed by atoms with van der Waals surface area (Å²) in [6, 6.07) is 2.31. The summed E-state index contributed by atoms with van der Waals surface area (Å²) < 4.78 is 31.6. The van der Waals surface area contributed by atoms with Gasteiger partial charge in [-0.25, -0.2) is 8.78 Å². The van der Waals surface area contributed by atoms with Crippen LogP contribution in [0.25, 0.3) is 0 Å². The topological polar surface area (TPSA) is 64.1 Å². The maximum Gasteiger partial charge on any atom is 0.183 e. The van der Waals surface area contributed by atoms with Crippen LogP contribution in [-0.2, 0) is 6.54 Å². The zero-order valence-corrected chi connectivity index (χ0v) is 10.1. The lowest BCUT2D eigenvalue weighted by atomic mass is 10.2. The Morgan fingerprint density at radius 2 is 2.06 bits per heavy atom. The van der Waals surface area contributed by atoms with Gasteiger partial charge in [0.15, 0.2) is 11.6 Å². The Labute approximate surface area is 103 Å². The summed E-state index contributed by atoms with van der Waals surface area (Å²) in [5.41, 5.74) is 7.21. The number of rotatable bonds is 3. The zero-order valence-electron chi connectivity index (χ0n) is 10.1. The number of nitrogen functional groups attached to an aromatic ring is 1. The summed E-state index contributed by atoms with van der Waals surface area (Å²) in [5, 5.41) is 6.54. The van der Waals surface area contributed by atoms with Crippen molar-refractivity contribution in [2.45, 2.75) is 20.4 Å². The summed E-state index contributed by atoms with van der Waals surface area (Å²) in [6.07, 6.45) is 0. The Hall–Kier alpha value is -2.11. The lowest BCUT2D eigenvalue weighted by Crippen LogP contribution is -2.07. The van der Waals surface area contributed by atoms with Gasteiger partial charge in [-0.3, -0.25) is 0 Å². The molecule has 2 aromatic rings. The van der Waals surface area contributed by atoms with Crippen molar-refractivity contribution in [3.63, 3.8) is 0 Å². The van der Waals surface area contributed by atoms with Gasteiger partial charge in [0.1, 0.15) is 5.76 Å². The van der Waals surface area contributed by atoms with E-state index < -0.39 is 11.6 Å². The molecule has 3 N–H and O–H groups in total. The number of aromatic nitrogens is 1. The van der Waals surface area contributed by atoms with E-state index in [2.05, 4.69) is 10.5 Å². The van der Waals surface area contributed by atoms with Crippen LogP contribution in [0.2, 0.25) is 0 Å². The molecule has 0 radical (unpaired) electrons. The molecule has 1 heterocycles. The van der Waals surface area contributed by atoms with Gasteiger partial charge in [0.2, 0.25) is 0 Å². The van der Waals surface area contributed by atoms with Gasteiger partial charge in [0, 0.05) is 12.1 Å². The molecule has 0 bridgehead atoms. The largest absolute Gasteiger partial charge is 0.397 e. The molecule has 2 rings (SSSR count). The van der Waals surface area contributed by atoms with Crippen LogP contribution in [0.4, 0.5) is 20.2 Å². The van der Waals surface area contributed by atoms with E-state index in [1.165, 1.54) is 6.07 Å². The van der Waals surface area contributed by atoms with Crippen molar-refractivity contribution < 1.29 is 13.3 Å². The van der Waals surface area contributed by atoms with E-state index in [1.807, 2.05) is 0 Å². The predicted molar refractivity (Wildman–Crippen MR) is 64.1 cm³/mol. The molecule has 0 amide bonds. The van der Waals surface area contributed by atoms with Crippen molar-refractivity contribution in [3.05, 3.63) is 40.8 Å². The van der Waals surface area contributed by atoms with Gasteiger partial charge in [-0.05, 0) is 26.0 Å². The highest BCUT2D eigenvalue weighted by atomic mass is 19.2. The number of aryl methyl sites for hydroxylation is 2. The summed E-state index contributed by atoms with van der Waals surface area (Å²) in [7, 11) is 0. The summed E-state index contributed by atoms with van der Waals surface area (Å²) in [4.78, 5) is 0. The molecule has 1 aromatic carbocycles. The van der Waals surface area contributed by atoms with Crippen LogP contribution in [0.1, 0.15) is 17.0 Å². The smallest absolute Gasteiger partial charge is 0.183 e. The molecule has 1 aromatic heterocycles. The highest BCUT2D eigenvalue weighted by Crippen LogP contribution is 2.25. The van der Waals surface area contributed by atoms with Crippen LogP contribution in [0, 0.1) is 25.5 Å². The summed E-state index contributed by atoms with van der Waals surface area (Å²) >= 11 is 0. The summed E-state index contributed by atoms with van der Waals surface area (Å²) in [6.45, 7) is 3.80. The van der Waals surface area contributed by atoms with Crippen molar-refractivity contribution in [3.8, 4) is 0 Å². The van der Waals surface area contributed by atoms with Crippen LogP contribution in [0.3, 0.4) is 0 Å². The van der Waals surface area contributed by atoms with E-state index >= 15 is 0 Å². The van der Waals surface area contributed by atoms with E-state index in [0.29, 0.717) is 11.5 Å². The van der Waals surface area contributed by atoms with Crippen LogP contribution >= 0.6 is 0 Å².